The number of aromatic nitrogens is 1. The van der Waals surface area contributed by atoms with Crippen molar-refractivity contribution in [3.8, 4) is 33.2 Å². The van der Waals surface area contributed by atoms with Crippen LogP contribution in [-0.2, 0) is 11.2 Å². The maximum absolute atomic E-state index is 11.6. The molecule has 1 aromatic heterocycles. The summed E-state index contributed by atoms with van der Waals surface area (Å²) < 4.78 is 12.3. The zero-order valence-electron chi connectivity index (χ0n) is 16.6. The van der Waals surface area contributed by atoms with Gasteiger partial charge in [0, 0.05) is 16.1 Å². The summed E-state index contributed by atoms with van der Waals surface area (Å²) >= 11 is 7.63. The molecule has 5 nitrogen and oxygen atoms in total. The molecule has 3 aromatic carbocycles. The number of carbonyl (C=O) groups is 1. The van der Waals surface area contributed by atoms with Crippen LogP contribution in [0.5, 0.6) is 11.5 Å². The summed E-state index contributed by atoms with van der Waals surface area (Å²) in [6.45, 7) is 3.00. The van der Waals surface area contributed by atoms with Crippen LogP contribution >= 0.6 is 22.9 Å². The molecule has 1 aliphatic rings. The van der Waals surface area contributed by atoms with Crippen LogP contribution in [0.25, 0.3) is 31.9 Å². The van der Waals surface area contributed by atoms with Crippen molar-refractivity contribution in [2.45, 2.75) is 13.3 Å². The number of nitrogens with zero attached hydrogens (tertiary/aromatic N) is 1. The Kier molecular flexibility index (Phi) is 5.04. The summed E-state index contributed by atoms with van der Waals surface area (Å²) in [5, 5.41) is 11.0. The summed E-state index contributed by atoms with van der Waals surface area (Å²) in [7, 11) is 0. The molecule has 7 heteroatoms. The second kappa shape index (κ2) is 7.87. The third-order valence-electron chi connectivity index (χ3n) is 5.26. The van der Waals surface area contributed by atoms with E-state index in [2.05, 4.69) is 0 Å². The number of aryl methyl sites for hydroxylation is 1. The SMILES string of the molecule is Cc1cc2nc(-c3ccc4c(c3)OCCO4)sc2c(-c2ccc(Cl)cc2)c1CC(=O)O. The Balaban J connectivity index is 1.71. The third kappa shape index (κ3) is 3.73. The Morgan fingerprint density at radius 3 is 2.52 bits per heavy atom. The van der Waals surface area contributed by atoms with E-state index in [-0.39, 0.29) is 6.42 Å². The van der Waals surface area contributed by atoms with E-state index in [0.29, 0.717) is 24.0 Å². The van der Waals surface area contributed by atoms with Crippen molar-refractivity contribution >= 4 is 39.1 Å². The number of aliphatic carboxylic acids is 1. The number of fused-ring (bicyclic) bond motifs is 2. The van der Waals surface area contributed by atoms with Gasteiger partial charge >= 0.3 is 5.97 Å². The molecule has 0 unspecified atom stereocenters. The first-order valence-electron chi connectivity index (χ1n) is 9.80. The van der Waals surface area contributed by atoms with E-state index in [1.165, 1.54) is 0 Å². The molecule has 5 rings (SSSR count). The Labute approximate surface area is 187 Å². The monoisotopic (exact) mass is 451 g/mol. The van der Waals surface area contributed by atoms with Crippen molar-refractivity contribution in [1.29, 1.82) is 0 Å². The summed E-state index contributed by atoms with van der Waals surface area (Å²) in [6.07, 6.45) is -0.0585. The summed E-state index contributed by atoms with van der Waals surface area (Å²) in [5.74, 6) is 0.579. The van der Waals surface area contributed by atoms with Gasteiger partial charge in [0.15, 0.2) is 11.5 Å². The van der Waals surface area contributed by atoms with Crippen LogP contribution < -0.4 is 9.47 Å². The van der Waals surface area contributed by atoms with Gasteiger partial charge in [-0.25, -0.2) is 4.98 Å². The number of benzene rings is 3. The van der Waals surface area contributed by atoms with Crippen molar-refractivity contribution in [3.05, 3.63) is 64.7 Å². The predicted octanol–water partition coefficient (Wildman–Crippen LogP) is 5.99. The van der Waals surface area contributed by atoms with E-state index >= 15 is 0 Å². The van der Waals surface area contributed by atoms with Gasteiger partial charge in [-0.2, -0.15) is 0 Å². The van der Waals surface area contributed by atoms with Gasteiger partial charge in [-0.1, -0.05) is 23.7 Å². The molecule has 4 aromatic rings. The van der Waals surface area contributed by atoms with Crippen molar-refractivity contribution in [1.82, 2.24) is 4.98 Å². The number of carboxylic acid groups (broad SMARTS) is 1. The van der Waals surface area contributed by atoms with Crippen LogP contribution in [0.4, 0.5) is 0 Å². The molecule has 31 heavy (non-hydrogen) atoms. The van der Waals surface area contributed by atoms with Gasteiger partial charge in [0.2, 0.25) is 0 Å². The lowest BCUT2D eigenvalue weighted by molar-refractivity contribution is -0.136. The topological polar surface area (TPSA) is 68.7 Å². The number of halogens is 1. The Morgan fingerprint density at radius 1 is 1.06 bits per heavy atom. The molecule has 156 valence electrons. The minimum Gasteiger partial charge on any atom is -0.486 e. The molecule has 0 radical (unpaired) electrons. The average molecular weight is 452 g/mol. The van der Waals surface area contributed by atoms with Gasteiger partial charge < -0.3 is 14.6 Å². The molecule has 0 aliphatic carbocycles. The number of hydrogen-bond donors (Lipinski definition) is 1. The van der Waals surface area contributed by atoms with Gasteiger partial charge in [-0.3, -0.25) is 4.79 Å². The Morgan fingerprint density at radius 2 is 1.77 bits per heavy atom. The van der Waals surface area contributed by atoms with E-state index in [9.17, 15) is 9.90 Å². The van der Waals surface area contributed by atoms with E-state index in [1.54, 1.807) is 11.3 Å². The zero-order valence-corrected chi connectivity index (χ0v) is 18.2. The van der Waals surface area contributed by atoms with Crippen LogP contribution in [0, 0.1) is 6.92 Å². The van der Waals surface area contributed by atoms with E-state index in [0.717, 1.165) is 48.8 Å². The Bertz CT molecular complexity index is 1310. The highest BCUT2D eigenvalue weighted by atomic mass is 35.5. The molecule has 0 saturated heterocycles. The first-order chi connectivity index (χ1) is 15.0. The maximum Gasteiger partial charge on any atom is 0.307 e. The van der Waals surface area contributed by atoms with Crippen LogP contribution in [0.1, 0.15) is 11.1 Å². The van der Waals surface area contributed by atoms with E-state index in [1.807, 2.05) is 55.5 Å². The van der Waals surface area contributed by atoms with Gasteiger partial charge in [0.1, 0.15) is 18.2 Å². The second-order valence-corrected chi connectivity index (χ2v) is 8.79. The average Bonchev–Trinajstić information content (AvgIpc) is 3.18. The van der Waals surface area contributed by atoms with Gasteiger partial charge in [-0.05, 0) is 60.0 Å². The highest BCUT2D eigenvalue weighted by Gasteiger charge is 2.20. The van der Waals surface area contributed by atoms with Gasteiger partial charge in [0.05, 0.1) is 16.6 Å². The van der Waals surface area contributed by atoms with Crippen molar-refractivity contribution in [2.75, 3.05) is 13.2 Å². The molecular formula is C24H18ClNO4S. The molecule has 0 amide bonds. The molecule has 2 heterocycles. The standard InChI is InChI=1S/C24H18ClNO4S/c1-13-10-18-23(22(17(13)12-21(27)28)14-2-5-16(25)6-3-14)31-24(26-18)15-4-7-19-20(11-15)30-9-8-29-19/h2-7,10-11H,8-9,12H2,1H3,(H,27,28). The first-order valence-corrected chi connectivity index (χ1v) is 11.0. The fourth-order valence-corrected chi connectivity index (χ4v) is 5.10. The molecule has 1 N–H and O–H groups in total. The molecular weight excluding hydrogens is 434 g/mol. The summed E-state index contributed by atoms with van der Waals surface area (Å²) in [4.78, 5) is 16.5. The predicted molar refractivity (Wildman–Crippen MR) is 123 cm³/mol. The molecule has 0 fully saturated rings. The third-order valence-corrected chi connectivity index (χ3v) is 6.65. The van der Waals surface area contributed by atoms with E-state index in [4.69, 9.17) is 26.1 Å². The molecule has 0 spiro atoms. The lowest BCUT2D eigenvalue weighted by Crippen LogP contribution is -2.15. The lowest BCUT2D eigenvalue weighted by Gasteiger charge is -2.18. The summed E-state index contributed by atoms with van der Waals surface area (Å²) in [6, 6.07) is 15.3. The molecule has 0 atom stereocenters. The smallest absolute Gasteiger partial charge is 0.307 e. The number of ether oxygens (including phenoxy) is 2. The van der Waals surface area contributed by atoms with Crippen LogP contribution in [0.3, 0.4) is 0 Å². The fourth-order valence-electron chi connectivity index (χ4n) is 3.84. The van der Waals surface area contributed by atoms with Crippen LogP contribution in [0.15, 0.2) is 48.5 Å². The largest absolute Gasteiger partial charge is 0.486 e. The number of hydrogen-bond acceptors (Lipinski definition) is 5. The van der Waals surface area contributed by atoms with Crippen molar-refractivity contribution < 1.29 is 19.4 Å². The van der Waals surface area contributed by atoms with Crippen molar-refractivity contribution in [2.24, 2.45) is 0 Å². The zero-order chi connectivity index (χ0) is 21.5. The highest BCUT2D eigenvalue weighted by molar-refractivity contribution is 7.22. The normalized spacial score (nSPS) is 12.8. The quantitative estimate of drug-likeness (QED) is 0.412. The van der Waals surface area contributed by atoms with Crippen LogP contribution in [0.2, 0.25) is 5.02 Å². The maximum atomic E-state index is 11.6. The number of carboxylic acids is 1. The molecule has 0 saturated carbocycles. The molecule has 1 aliphatic heterocycles. The van der Waals surface area contributed by atoms with Crippen LogP contribution in [-0.4, -0.2) is 29.3 Å². The van der Waals surface area contributed by atoms with Gasteiger partial charge in [-0.15, -0.1) is 11.3 Å². The fraction of sp³-hybridized carbons (Fsp3) is 0.167. The van der Waals surface area contributed by atoms with E-state index < -0.39 is 5.97 Å². The minimum atomic E-state index is -0.866. The number of thiazole rings is 1. The molecule has 0 bridgehead atoms. The number of rotatable bonds is 4. The first kappa shape index (κ1) is 19.8. The lowest BCUT2D eigenvalue weighted by atomic mass is 9.93. The van der Waals surface area contributed by atoms with Gasteiger partial charge in [0.25, 0.3) is 0 Å². The highest BCUT2D eigenvalue weighted by Crippen LogP contribution is 2.42. The minimum absolute atomic E-state index is 0.0585. The van der Waals surface area contributed by atoms with Crippen molar-refractivity contribution in [3.63, 3.8) is 0 Å². The summed E-state index contributed by atoms with van der Waals surface area (Å²) in [5.41, 5.74) is 5.29. The second-order valence-electron chi connectivity index (χ2n) is 7.35. The Hall–Kier alpha value is -3.09.